The molecule has 0 bridgehead atoms. The molecule has 2 N–H and O–H groups in total. The lowest BCUT2D eigenvalue weighted by molar-refractivity contribution is 0.209. The number of hydrogen-bond donors (Lipinski definition) is 1. The predicted molar refractivity (Wildman–Crippen MR) is 216 cm³/mol. The molecule has 8 rings (SSSR count). The number of para-hydroxylation sites is 1. The van der Waals surface area contributed by atoms with Crippen molar-refractivity contribution in [2.45, 2.75) is 11.3 Å². The Labute approximate surface area is 299 Å². The molecule has 0 radical (unpaired) electrons. The van der Waals surface area contributed by atoms with E-state index in [1.54, 1.807) is 11.3 Å². The van der Waals surface area contributed by atoms with E-state index in [-0.39, 0.29) is 11.3 Å². The summed E-state index contributed by atoms with van der Waals surface area (Å²) in [5.41, 5.74) is 12.5. The smallest absolute Gasteiger partial charge is 0.127 e. The zero-order valence-corrected chi connectivity index (χ0v) is 29.2. The predicted octanol–water partition coefficient (Wildman–Crippen LogP) is 9.63. The second-order valence-electron chi connectivity index (χ2n) is 12.6. The van der Waals surface area contributed by atoms with Crippen molar-refractivity contribution < 1.29 is 4.74 Å². The third-order valence-corrected chi connectivity index (χ3v) is 11.0. The van der Waals surface area contributed by atoms with Gasteiger partial charge >= 0.3 is 0 Å². The van der Waals surface area contributed by atoms with Crippen LogP contribution in [0.25, 0.3) is 34.4 Å². The quantitative estimate of drug-likeness (QED) is 0.190. The first kappa shape index (κ1) is 33.0. The van der Waals surface area contributed by atoms with Gasteiger partial charge in [-0.2, -0.15) is 0 Å². The molecular formula is C47H41NOS. The van der Waals surface area contributed by atoms with Crippen LogP contribution in [0, 0.1) is 5.92 Å². The van der Waals surface area contributed by atoms with Gasteiger partial charge in [-0.1, -0.05) is 165 Å². The number of allylic oxidation sites excluding steroid dienone is 11. The van der Waals surface area contributed by atoms with Crippen LogP contribution in [0.5, 0.6) is 5.75 Å². The number of rotatable bonds is 5. The third kappa shape index (κ3) is 5.89. The highest BCUT2D eigenvalue weighted by Crippen LogP contribution is 2.58. The van der Waals surface area contributed by atoms with E-state index >= 15 is 0 Å². The number of thiophene rings is 1. The SMILES string of the molecule is C=C1c2ccccc2OCC2(c3ccc(\C=C/C=C\C=C\C=C/C=c4\c(=C)sc5ccccc45)cc31)c1ccccc1C1C=CC=CC12.CN. The summed E-state index contributed by atoms with van der Waals surface area (Å²) in [5, 5.41) is 2.46. The minimum absolute atomic E-state index is 0.254. The van der Waals surface area contributed by atoms with Crippen LogP contribution in [0.2, 0.25) is 0 Å². The van der Waals surface area contributed by atoms with E-state index in [9.17, 15) is 0 Å². The molecule has 2 nitrogen and oxygen atoms in total. The normalized spacial score (nSPS) is 20.9. The molecule has 2 aliphatic carbocycles. The molecule has 4 aromatic carbocycles. The summed E-state index contributed by atoms with van der Waals surface area (Å²) in [7, 11) is 1.50. The largest absolute Gasteiger partial charge is 0.492 e. The fourth-order valence-corrected chi connectivity index (χ4v) is 8.73. The van der Waals surface area contributed by atoms with Crippen molar-refractivity contribution in [1.29, 1.82) is 0 Å². The Morgan fingerprint density at radius 2 is 1.46 bits per heavy atom. The second-order valence-corrected chi connectivity index (χ2v) is 13.7. The van der Waals surface area contributed by atoms with Gasteiger partial charge in [0, 0.05) is 32.0 Å². The van der Waals surface area contributed by atoms with Crippen LogP contribution in [-0.4, -0.2) is 13.7 Å². The van der Waals surface area contributed by atoms with Gasteiger partial charge in [0.1, 0.15) is 12.4 Å². The average Bonchev–Trinajstić information content (AvgIpc) is 3.64. The van der Waals surface area contributed by atoms with Gasteiger partial charge in [-0.15, -0.1) is 11.3 Å². The lowest BCUT2D eigenvalue weighted by atomic mass is 9.65. The topological polar surface area (TPSA) is 35.2 Å². The highest BCUT2D eigenvalue weighted by molar-refractivity contribution is 7.17. The average molecular weight is 668 g/mol. The van der Waals surface area contributed by atoms with Crippen molar-refractivity contribution in [2.24, 2.45) is 11.7 Å². The summed E-state index contributed by atoms with van der Waals surface area (Å²) in [4.78, 5) is 0. The van der Waals surface area contributed by atoms with E-state index in [0.29, 0.717) is 12.5 Å². The maximum absolute atomic E-state index is 6.74. The molecule has 2 heterocycles. The van der Waals surface area contributed by atoms with Crippen molar-refractivity contribution in [1.82, 2.24) is 0 Å². The van der Waals surface area contributed by atoms with Crippen molar-refractivity contribution in [3.05, 3.63) is 208 Å². The zero-order valence-electron chi connectivity index (χ0n) is 28.3. The van der Waals surface area contributed by atoms with E-state index in [0.717, 1.165) is 27.0 Å². The fraction of sp³-hybridized carbons (Fsp3) is 0.106. The highest BCUT2D eigenvalue weighted by atomic mass is 32.1. The first-order chi connectivity index (χ1) is 24.6. The molecule has 3 aliphatic rings. The Morgan fingerprint density at radius 1 is 0.740 bits per heavy atom. The third-order valence-electron chi connectivity index (χ3n) is 9.95. The molecule has 3 unspecified atom stereocenters. The van der Waals surface area contributed by atoms with Gasteiger partial charge in [0.2, 0.25) is 0 Å². The van der Waals surface area contributed by atoms with E-state index in [4.69, 9.17) is 4.74 Å². The van der Waals surface area contributed by atoms with E-state index in [1.807, 2.05) is 12.1 Å². The zero-order chi connectivity index (χ0) is 34.5. The molecule has 1 aliphatic heterocycles. The Kier molecular flexibility index (Phi) is 9.62. The Hall–Kier alpha value is -5.48. The van der Waals surface area contributed by atoms with Crippen LogP contribution in [0.4, 0.5) is 0 Å². The number of fused-ring (bicyclic) bond motifs is 9. The van der Waals surface area contributed by atoms with Crippen LogP contribution in [0.15, 0.2) is 164 Å². The van der Waals surface area contributed by atoms with Crippen molar-refractivity contribution in [3.8, 4) is 5.75 Å². The minimum Gasteiger partial charge on any atom is -0.492 e. The van der Waals surface area contributed by atoms with Crippen LogP contribution in [0.3, 0.4) is 0 Å². The van der Waals surface area contributed by atoms with Crippen LogP contribution < -0.4 is 20.2 Å². The van der Waals surface area contributed by atoms with Gasteiger partial charge in [-0.05, 0) is 63.9 Å². The van der Waals surface area contributed by atoms with E-state index in [1.165, 1.54) is 44.6 Å². The molecular weight excluding hydrogens is 627 g/mol. The highest BCUT2D eigenvalue weighted by Gasteiger charge is 2.53. The van der Waals surface area contributed by atoms with E-state index in [2.05, 4.69) is 177 Å². The number of hydrogen-bond acceptors (Lipinski definition) is 3. The molecule has 3 heteroatoms. The lowest BCUT2D eigenvalue weighted by Gasteiger charge is -2.41. The first-order valence-electron chi connectivity index (χ1n) is 17.1. The summed E-state index contributed by atoms with van der Waals surface area (Å²) in [6.45, 7) is 9.45. The maximum atomic E-state index is 6.74. The Morgan fingerprint density at radius 3 is 2.34 bits per heavy atom. The number of ether oxygens (including phenoxy) is 1. The lowest BCUT2D eigenvalue weighted by Crippen LogP contribution is -2.41. The molecule has 50 heavy (non-hydrogen) atoms. The van der Waals surface area contributed by atoms with Crippen molar-refractivity contribution >= 4 is 45.7 Å². The molecule has 1 spiro atoms. The molecule has 1 aromatic heterocycles. The summed E-state index contributed by atoms with van der Waals surface area (Å²) in [5.74, 6) is 1.46. The van der Waals surface area contributed by atoms with Crippen LogP contribution >= 0.6 is 11.3 Å². The number of benzene rings is 4. The van der Waals surface area contributed by atoms with Gasteiger partial charge in [0.25, 0.3) is 0 Å². The molecule has 3 atom stereocenters. The van der Waals surface area contributed by atoms with Crippen molar-refractivity contribution in [2.75, 3.05) is 13.7 Å². The van der Waals surface area contributed by atoms with Crippen LogP contribution in [-0.2, 0) is 5.41 Å². The molecule has 0 fully saturated rings. The van der Waals surface area contributed by atoms with E-state index < -0.39 is 0 Å². The summed E-state index contributed by atoms with van der Waals surface area (Å²) in [6, 6.07) is 32.6. The van der Waals surface area contributed by atoms with Gasteiger partial charge < -0.3 is 10.5 Å². The van der Waals surface area contributed by atoms with Gasteiger partial charge in [0.05, 0.1) is 5.41 Å². The van der Waals surface area contributed by atoms with Crippen LogP contribution in [0.1, 0.15) is 39.3 Å². The number of nitrogens with two attached hydrogens (primary N) is 1. The molecule has 0 saturated carbocycles. The summed E-state index contributed by atoms with van der Waals surface area (Å²) >= 11 is 1.74. The minimum atomic E-state index is -0.335. The second kappa shape index (κ2) is 14.6. The van der Waals surface area contributed by atoms with Gasteiger partial charge in [-0.25, -0.2) is 0 Å². The summed E-state index contributed by atoms with van der Waals surface area (Å²) in [6.07, 6.45) is 27.9. The van der Waals surface area contributed by atoms with Gasteiger partial charge in [-0.3, -0.25) is 0 Å². The standard InChI is InChI=1S/C46H36OS.CH5N/c1-32-35-19-12-16-26-44(35)47-31-46(41-24-14-10-21-37(41)38-22-11-15-25-42(38)46)43-29-28-34(30-40(32)43)18-8-6-4-3-5-7-9-20-36-33(2)48-45-27-17-13-23-39(36)45;1-2/h3-30,37,41H,1-2,31H2;2H2,1H3/b5-3+,6-4-,9-7-,18-8-,36-20+;. The summed E-state index contributed by atoms with van der Waals surface area (Å²) < 4.78 is 9.11. The Bertz CT molecular complexity index is 2360. The maximum Gasteiger partial charge on any atom is 0.127 e. The molecule has 0 saturated heterocycles. The molecule has 0 amide bonds. The Balaban J connectivity index is 0.00000193. The monoisotopic (exact) mass is 667 g/mol. The molecule has 246 valence electrons. The fourth-order valence-electron chi connectivity index (χ4n) is 7.75. The molecule has 5 aromatic rings. The first-order valence-corrected chi connectivity index (χ1v) is 17.9. The van der Waals surface area contributed by atoms with Crippen molar-refractivity contribution in [3.63, 3.8) is 0 Å². The van der Waals surface area contributed by atoms with Gasteiger partial charge in [0.15, 0.2) is 0 Å².